The summed E-state index contributed by atoms with van der Waals surface area (Å²) in [4.78, 5) is 6.88. The van der Waals surface area contributed by atoms with Crippen molar-refractivity contribution in [2.45, 2.75) is 39.3 Å². The van der Waals surface area contributed by atoms with Gasteiger partial charge in [0.25, 0.3) is 0 Å². The summed E-state index contributed by atoms with van der Waals surface area (Å²) in [7, 11) is 1.78. The number of nitrogens with one attached hydrogen (secondary N) is 1. The van der Waals surface area contributed by atoms with Gasteiger partial charge in [0.1, 0.15) is 5.82 Å². The third kappa shape index (κ3) is 4.46. The molecule has 0 radical (unpaired) electrons. The van der Waals surface area contributed by atoms with E-state index in [2.05, 4.69) is 48.1 Å². The number of anilines is 1. The molecule has 0 aromatic carbocycles. The van der Waals surface area contributed by atoms with Crippen LogP contribution in [0.25, 0.3) is 0 Å². The molecule has 1 atom stereocenters. The highest BCUT2D eigenvalue weighted by Gasteiger charge is 2.23. The van der Waals surface area contributed by atoms with Gasteiger partial charge in [0.2, 0.25) is 0 Å². The van der Waals surface area contributed by atoms with E-state index in [0.29, 0.717) is 5.92 Å². The summed E-state index contributed by atoms with van der Waals surface area (Å²) in [5.74, 6) is 1.73. The summed E-state index contributed by atoms with van der Waals surface area (Å²) in [6.07, 6.45) is 3.11. The molecule has 20 heavy (non-hydrogen) atoms. The first-order chi connectivity index (χ1) is 9.48. The Kier molecular flexibility index (Phi) is 5.00. The van der Waals surface area contributed by atoms with Crippen molar-refractivity contribution in [1.29, 1.82) is 0 Å². The van der Waals surface area contributed by atoms with E-state index in [1.165, 1.54) is 12.0 Å². The minimum absolute atomic E-state index is 0.140. The zero-order valence-electron chi connectivity index (χ0n) is 13.1. The molecule has 1 fully saturated rings. The normalized spacial score (nSPS) is 19.6. The maximum atomic E-state index is 5.25. The van der Waals surface area contributed by atoms with E-state index in [9.17, 15) is 0 Å². The number of ether oxygens (including phenoxy) is 1. The highest BCUT2D eigenvalue weighted by atomic mass is 16.5. The van der Waals surface area contributed by atoms with Gasteiger partial charge in [-0.05, 0) is 44.9 Å². The average molecular weight is 277 g/mol. The number of nitrogens with zero attached hydrogens (tertiary/aromatic N) is 2. The van der Waals surface area contributed by atoms with Crippen LogP contribution in [0.1, 0.15) is 32.8 Å². The molecule has 0 saturated carbocycles. The Hall–Kier alpha value is -1.13. The summed E-state index contributed by atoms with van der Waals surface area (Å²) in [6.45, 7) is 10.4. The summed E-state index contributed by atoms with van der Waals surface area (Å²) in [6, 6.07) is 4.29. The van der Waals surface area contributed by atoms with E-state index in [4.69, 9.17) is 4.74 Å². The monoisotopic (exact) mass is 277 g/mol. The number of pyridine rings is 1. The number of methoxy groups -OCH3 is 1. The molecule has 4 nitrogen and oxygen atoms in total. The zero-order chi connectivity index (χ0) is 14.6. The third-order valence-corrected chi connectivity index (χ3v) is 3.64. The molecule has 112 valence electrons. The molecule has 0 aliphatic carbocycles. The zero-order valence-corrected chi connectivity index (χ0v) is 13.1. The fourth-order valence-corrected chi connectivity index (χ4v) is 2.52. The number of hydrogen-bond donors (Lipinski definition) is 1. The van der Waals surface area contributed by atoms with Crippen LogP contribution in [-0.4, -0.2) is 37.3 Å². The Morgan fingerprint density at radius 3 is 2.95 bits per heavy atom. The second-order valence-electron chi connectivity index (χ2n) is 6.68. The molecular formula is C16H27N3O. The minimum Gasteiger partial charge on any atom is -0.384 e. The largest absolute Gasteiger partial charge is 0.384 e. The number of aromatic nitrogens is 1. The Balaban J connectivity index is 1.96. The quantitative estimate of drug-likeness (QED) is 0.897. The molecule has 2 heterocycles. The summed E-state index contributed by atoms with van der Waals surface area (Å²) >= 11 is 0. The smallest absolute Gasteiger partial charge is 0.128 e. The molecule has 1 aromatic heterocycles. The predicted molar refractivity (Wildman–Crippen MR) is 83.0 cm³/mol. The predicted octanol–water partition coefficient (Wildman–Crippen LogP) is 2.44. The summed E-state index contributed by atoms with van der Waals surface area (Å²) < 4.78 is 5.25. The number of hydrogen-bond acceptors (Lipinski definition) is 4. The van der Waals surface area contributed by atoms with Gasteiger partial charge in [0.15, 0.2) is 0 Å². The maximum Gasteiger partial charge on any atom is 0.128 e. The van der Waals surface area contributed by atoms with Crippen LogP contribution in [0.5, 0.6) is 0 Å². The Labute approximate surface area is 122 Å². The maximum absolute atomic E-state index is 5.25. The van der Waals surface area contributed by atoms with E-state index in [0.717, 1.165) is 32.1 Å². The van der Waals surface area contributed by atoms with Crippen LogP contribution in [0.15, 0.2) is 18.3 Å². The van der Waals surface area contributed by atoms with Crippen LogP contribution in [0.3, 0.4) is 0 Å². The van der Waals surface area contributed by atoms with Gasteiger partial charge in [0.05, 0.1) is 6.61 Å². The lowest BCUT2D eigenvalue weighted by atomic mass is 10.1. The molecule has 4 heteroatoms. The average Bonchev–Trinajstić information content (AvgIpc) is 2.85. The highest BCUT2D eigenvalue weighted by molar-refractivity contribution is 5.42. The molecule has 1 aromatic rings. The molecule has 0 spiro atoms. The molecule has 1 aliphatic heterocycles. The van der Waals surface area contributed by atoms with Crippen molar-refractivity contribution in [2.75, 3.05) is 31.7 Å². The van der Waals surface area contributed by atoms with Crippen molar-refractivity contribution in [3.05, 3.63) is 23.9 Å². The van der Waals surface area contributed by atoms with Gasteiger partial charge < -0.3 is 15.0 Å². The highest BCUT2D eigenvalue weighted by Crippen LogP contribution is 2.23. The van der Waals surface area contributed by atoms with E-state index in [-0.39, 0.29) is 5.54 Å². The van der Waals surface area contributed by atoms with Crippen molar-refractivity contribution in [3.8, 4) is 0 Å². The van der Waals surface area contributed by atoms with Gasteiger partial charge in [-0.2, -0.15) is 0 Å². The van der Waals surface area contributed by atoms with Crippen molar-refractivity contribution in [3.63, 3.8) is 0 Å². The lowest BCUT2D eigenvalue weighted by molar-refractivity contribution is 0.161. The number of rotatable bonds is 5. The first-order valence-corrected chi connectivity index (χ1v) is 7.42. The second kappa shape index (κ2) is 6.55. The van der Waals surface area contributed by atoms with E-state index >= 15 is 0 Å². The Bertz CT molecular complexity index is 428. The van der Waals surface area contributed by atoms with E-state index in [1.807, 2.05) is 6.20 Å². The van der Waals surface area contributed by atoms with Crippen LogP contribution in [0, 0.1) is 5.92 Å². The van der Waals surface area contributed by atoms with Crippen LogP contribution in [0.2, 0.25) is 0 Å². The molecule has 1 N–H and O–H groups in total. The second-order valence-corrected chi connectivity index (χ2v) is 6.68. The van der Waals surface area contributed by atoms with Crippen molar-refractivity contribution < 1.29 is 4.74 Å². The molecule has 2 rings (SSSR count). The van der Waals surface area contributed by atoms with Crippen LogP contribution >= 0.6 is 0 Å². The summed E-state index contributed by atoms with van der Waals surface area (Å²) in [5.41, 5.74) is 1.43. The molecule has 0 bridgehead atoms. The molecule has 1 aliphatic rings. The summed E-state index contributed by atoms with van der Waals surface area (Å²) in [5, 5.41) is 3.52. The van der Waals surface area contributed by atoms with Gasteiger partial charge in [-0.3, -0.25) is 0 Å². The SMILES string of the molecule is COCC1CCN(c2cc(CNC(C)(C)C)ccn2)C1. The topological polar surface area (TPSA) is 37.4 Å². The van der Waals surface area contributed by atoms with Crippen LogP contribution in [0.4, 0.5) is 5.82 Å². The van der Waals surface area contributed by atoms with Gasteiger partial charge in [-0.1, -0.05) is 0 Å². The van der Waals surface area contributed by atoms with E-state index < -0.39 is 0 Å². The Morgan fingerprint density at radius 2 is 2.25 bits per heavy atom. The van der Waals surface area contributed by atoms with Crippen molar-refractivity contribution >= 4 is 5.82 Å². The molecule has 0 amide bonds. The Morgan fingerprint density at radius 1 is 1.45 bits per heavy atom. The first kappa shape index (κ1) is 15.3. The van der Waals surface area contributed by atoms with Crippen LogP contribution in [-0.2, 0) is 11.3 Å². The van der Waals surface area contributed by atoms with Gasteiger partial charge >= 0.3 is 0 Å². The van der Waals surface area contributed by atoms with Gasteiger partial charge in [-0.15, -0.1) is 0 Å². The van der Waals surface area contributed by atoms with Crippen LogP contribution < -0.4 is 10.2 Å². The fraction of sp³-hybridized carbons (Fsp3) is 0.688. The molecule has 1 saturated heterocycles. The van der Waals surface area contributed by atoms with Gasteiger partial charge in [0, 0.05) is 44.4 Å². The lowest BCUT2D eigenvalue weighted by Crippen LogP contribution is -2.35. The van der Waals surface area contributed by atoms with Gasteiger partial charge in [-0.25, -0.2) is 4.98 Å². The van der Waals surface area contributed by atoms with E-state index in [1.54, 1.807) is 7.11 Å². The molecular weight excluding hydrogens is 250 g/mol. The third-order valence-electron chi connectivity index (χ3n) is 3.64. The first-order valence-electron chi connectivity index (χ1n) is 7.42. The minimum atomic E-state index is 0.140. The molecule has 1 unspecified atom stereocenters. The van der Waals surface area contributed by atoms with Crippen molar-refractivity contribution in [2.24, 2.45) is 5.92 Å². The lowest BCUT2D eigenvalue weighted by Gasteiger charge is -2.22. The van der Waals surface area contributed by atoms with Crippen molar-refractivity contribution in [1.82, 2.24) is 10.3 Å². The standard InChI is InChI=1S/C16H27N3O/c1-16(2,3)18-10-13-5-7-17-15(9-13)19-8-6-14(11-19)12-20-4/h5,7,9,14,18H,6,8,10-12H2,1-4H3. The fourth-order valence-electron chi connectivity index (χ4n) is 2.52.